The molecule has 1 heterocycles. The van der Waals surface area contributed by atoms with Crippen LogP contribution in [0.15, 0.2) is 0 Å². The second-order valence-electron chi connectivity index (χ2n) is 7.66. The van der Waals surface area contributed by atoms with E-state index >= 15 is 0 Å². The van der Waals surface area contributed by atoms with E-state index in [0.29, 0.717) is 5.41 Å². The Morgan fingerprint density at radius 3 is 2.25 bits per heavy atom. The van der Waals surface area contributed by atoms with Crippen LogP contribution < -0.4 is 5.32 Å². The van der Waals surface area contributed by atoms with Crippen molar-refractivity contribution in [2.45, 2.75) is 46.0 Å². The third-order valence-electron chi connectivity index (χ3n) is 5.12. The predicted molar refractivity (Wildman–Crippen MR) is 87.2 cm³/mol. The highest BCUT2D eigenvalue weighted by Crippen LogP contribution is 2.36. The lowest BCUT2D eigenvalue weighted by Gasteiger charge is -2.43. The van der Waals surface area contributed by atoms with Gasteiger partial charge in [0.25, 0.3) is 0 Å². The summed E-state index contributed by atoms with van der Waals surface area (Å²) < 4.78 is 0. The Kier molecular flexibility index (Phi) is 6.31. The molecule has 1 N–H and O–H groups in total. The Balaban J connectivity index is 1.85. The van der Waals surface area contributed by atoms with E-state index in [0.717, 1.165) is 5.92 Å². The SMILES string of the molecule is CC(C)CNCC1(CN2CCN(C)CC2)CCCCC1. The minimum absolute atomic E-state index is 0.559. The Morgan fingerprint density at radius 2 is 1.65 bits per heavy atom. The van der Waals surface area contributed by atoms with Gasteiger partial charge in [0.15, 0.2) is 0 Å². The second kappa shape index (κ2) is 7.77. The molecule has 2 aliphatic rings. The summed E-state index contributed by atoms with van der Waals surface area (Å²) in [6.07, 6.45) is 7.21. The Morgan fingerprint density at radius 1 is 1.00 bits per heavy atom. The first kappa shape index (κ1) is 16.3. The van der Waals surface area contributed by atoms with Crippen molar-refractivity contribution in [3.63, 3.8) is 0 Å². The molecule has 0 unspecified atom stereocenters. The lowest BCUT2D eigenvalue weighted by molar-refractivity contribution is 0.0690. The molecule has 0 bridgehead atoms. The fourth-order valence-electron chi connectivity index (χ4n) is 3.80. The molecule has 3 heteroatoms. The van der Waals surface area contributed by atoms with Crippen molar-refractivity contribution in [1.82, 2.24) is 15.1 Å². The standard InChI is InChI=1S/C17H35N3/c1-16(2)13-18-14-17(7-5-4-6-8-17)15-20-11-9-19(3)10-12-20/h16,18H,4-15H2,1-3H3. The maximum atomic E-state index is 3.76. The molecular weight excluding hydrogens is 246 g/mol. The van der Waals surface area contributed by atoms with Crippen LogP contribution in [0.5, 0.6) is 0 Å². The molecule has 0 radical (unpaired) electrons. The third-order valence-corrected chi connectivity index (χ3v) is 5.12. The van der Waals surface area contributed by atoms with E-state index in [9.17, 15) is 0 Å². The van der Waals surface area contributed by atoms with E-state index in [2.05, 4.69) is 36.0 Å². The topological polar surface area (TPSA) is 18.5 Å². The fraction of sp³-hybridized carbons (Fsp3) is 1.00. The average Bonchev–Trinajstić information content (AvgIpc) is 2.42. The van der Waals surface area contributed by atoms with Gasteiger partial charge in [0.2, 0.25) is 0 Å². The van der Waals surface area contributed by atoms with Crippen molar-refractivity contribution < 1.29 is 0 Å². The first-order valence-electron chi connectivity index (χ1n) is 8.71. The number of likely N-dealkylation sites (N-methyl/N-ethyl adjacent to an activating group) is 1. The quantitative estimate of drug-likeness (QED) is 0.807. The summed E-state index contributed by atoms with van der Waals surface area (Å²) in [5.74, 6) is 0.763. The van der Waals surface area contributed by atoms with Gasteiger partial charge in [0, 0.05) is 39.3 Å². The summed E-state index contributed by atoms with van der Waals surface area (Å²) in [5, 5.41) is 3.76. The number of piperazine rings is 1. The number of nitrogens with zero attached hydrogens (tertiary/aromatic N) is 2. The van der Waals surface area contributed by atoms with Crippen molar-refractivity contribution in [2.75, 3.05) is 52.9 Å². The van der Waals surface area contributed by atoms with Crippen LogP contribution in [0, 0.1) is 11.3 Å². The van der Waals surface area contributed by atoms with Crippen LogP contribution in [0.25, 0.3) is 0 Å². The number of hydrogen-bond acceptors (Lipinski definition) is 3. The largest absolute Gasteiger partial charge is 0.316 e. The second-order valence-corrected chi connectivity index (χ2v) is 7.66. The minimum atomic E-state index is 0.559. The van der Waals surface area contributed by atoms with Crippen LogP contribution in [0.1, 0.15) is 46.0 Å². The van der Waals surface area contributed by atoms with Gasteiger partial charge in [-0.1, -0.05) is 33.1 Å². The highest BCUT2D eigenvalue weighted by atomic mass is 15.2. The molecule has 1 saturated carbocycles. The molecule has 3 nitrogen and oxygen atoms in total. The van der Waals surface area contributed by atoms with Gasteiger partial charge in [-0.05, 0) is 37.8 Å². The molecule has 0 aromatic rings. The summed E-state index contributed by atoms with van der Waals surface area (Å²) in [5.41, 5.74) is 0.559. The van der Waals surface area contributed by atoms with E-state index in [1.54, 1.807) is 0 Å². The summed E-state index contributed by atoms with van der Waals surface area (Å²) in [7, 11) is 2.25. The first-order chi connectivity index (χ1) is 9.60. The molecular formula is C17H35N3. The molecule has 2 fully saturated rings. The zero-order valence-corrected chi connectivity index (χ0v) is 14.0. The van der Waals surface area contributed by atoms with E-state index in [1.165, 1.54) is 77.9 Å². The van der Waals surface area contributed by atoms with Crippen molar-refractivity contribution >= 4 is 0 Å². The maximum absolute atomic E-state index is 3.76. The summed E-state index contributed by atoms with van der Waals surface area (Å²) in [6.45, 7) is 13.4. The molecule has 0 spiro atoms. The Labute approximate surface area is 126 Å². The number of hydrogen-bond donors (Lipinski definition) is 1. The fourth-order valence-corrected chi connectivity index (χ4v) is 3.80. The lowest BCUT2D eigenvalue weighted by atomic mass is 9.73. The third kappa shape index (κ3) is 5.01. The number of rotatable bonds is 6. The van der Waals surface area contributed by atoms with E-state index in [4.69, 9.17) is 0 Å². The van der Waals surface area contributed by atoms with Gasteiger partial charge in [-0.15, -0.1) is 0 Å². The first-order valence-corrected chi connectivity index (χ1v) is 8.71. The highest BCUT2D eigenvalue weighted by molar-refractivity contribution is 4.89. The molecule has 0 atom stereocenters. The normalized spacial score (nSPS) is 25.2. The van der Waals surface area contributed by atoms with Gasteiger partial charge < -0.3 is 15.1 Å². The maximum Gasteiger partial charge on any atom is 0.0110 e. The Bertz CT molecular complexity index is 263. The van der Waals surface area contributed by atoms with E-state index in [-0.39, 0.29) is 0 Å². The van der Waals surface area contributed by atoms with Gasteiger partial charge in [-0.3, -0.25) is 0 Å². The van der Waals surface area contributed by atoms with Crippen molar-refractivity contribution in [2.24, 2.45) is 11.3 Å². The summed E-state index contributed by atoms with van der Waals surface area (Å²) in [4.78, 5) is 5.18. The summed E-state index contributed by atoms with van der Waals surface area (Å²) in [6, 6.07) is 0. The van der Waals surface area contributed by atoms with Gasteiger partial charge in [-0.2, -0.15) is 0 Å². The zero-order chi connectivity index (χ0) is 14.4. The monoisotopic (exact) mass is 281 g/mol. The molecule has 2 rings (SSSR count). The van der Waals surface area contributed by atoms with E-state index < -0.39 is 0 Å². The van der Waals surface area contributed by atoms with Crippen LogP contribution in [-0.4, -0.2) is 62.7 Å². The minimum Gasteiger partial charge on any atom is -0.316 e. The van der Waals surface area contributed by atoms with Crippen LogP contribution in [0.3, 0.4) is 0 Å². The van der Waals surface area contributed by atoms with Crippen LogP contribution >= 0.6 is 0 Å². The van der Waals surface area contributed by atoms with E-state index in [1.807, 2.05) is 0 Å². The molecule has 20 heavy (non-hydrogen) atoms. The lowest BCUT2D eigenvalue weighted by Crippen LogP contribution is -2.51. The molecule has 1 aliphatic heterocycles. The molecule has 118 valence electrons. The zero-order valence-electron chi connectivity index (χ0n) is 14.0. The van der Waals surface area contributed by atoms with Crippen LogP contribution in [0.2, 0.25) is 0 Å². The van der Waals surface area contributed by atoms with Crippen molar-refractivity contribution in [3.05, 3.63) is 0 Å². The van der Waals surface area contributed by atoms with Crippen LogP contribution in [0.4, 0.5) is 0 Å². The number of nitrogens with one attached hydrogen (secondary N) is 1. The highest BCUT2D eigenvalue weighted by Gasteiger charge is 2.34. The van der Waals surface area contributed by atoms with Gasteiger partial charge in [-0.25, -0.2) is 0 Å². The van der Waals surface area contributed by atoms with Crippen molar-refractivity contribution in [1.29, 1.82) is 0 Å². The van der Waals surface area contributed by atoms with Crippen LogP contribution in [-0.2, 0) is 0 Å². The smallest absolute Gasteiger partial charge is 0.0110 e. The summed E-state index contributed by atoms with van der Waals surface area (Å²) >= 11 is 0. The average molecular weight is 281 g/mol. The van der Waals surface area contributed by atoms with Crippen molar-refractivity contribution in [3.8, 4) is 0 Å². The molecule has 0 amide bonds. The Hall–Kier alpha value is -0.120. The molecule has 0 aromatic carbocycles. The molecule has 1 aliphatic carbocycles. The van der Waals surface area contributed by atoms with Gasteiger partial charge >= 0.3 is 0 Å². The predicted octanol–water partition coefficient (Wildman–Crippen LogP) is 2.43. The molecule has 1 saturated heterocycles. The van der Waals surface area contributed by atoms with Gasteiger partial charge in [0.05, 0.1) is 0 Å². The van der Waals surface area contributed by atoms with Gasteiger partial charge in [0.1, 0.15) is 0 Å². The molecule has 0 aromatic heterocycles.